The maximum atomic E-state index is 13.0. The number of halogens is 2. The van der Waals surface area contributed by atoms with E-state index in [0.717, 1.165) is 11.6 Å². The number of nitrogens with two attached hydrogens (primary N) is 1. The zero-order valence-corrected chi connectivity index (χ0v) is 9.04. The van der Waals surface area contributed by atoms with Crippen molar-refractivity contribution in [1.29, 1.82) is 0 Å². The number of hydrogen-bond acceptors (Lipinski definition) is 4. The lowest BCUT2D eigenvalue weighted by molar-refractivity contribution is 0.584. The summed E-state index contributed by atoms with van der Waals surface area (Å²) in [4.78, 5) is 7.73. The number of nitrogens with one attached hydrogen (secondary N) is 1. The molecule has 0 atom stereocenters. The van der Waals surface area contributed by atoms with E-state index in [1.165, 1.54) is 18.3 Å². The van der Waals surface area contributed by atoms with Crippen LogP contribution < -0.4 is 11.1 Å². The fraction of sp³-hybridized carbons (Fsp3) is 0.0909. The highest BCUT2D eigenvalue weighted by Gasteiger charge is 2.05. The molecule has 1 heterocycles. The first-order valence-electron chi connectivity index (χ1n) is 4.87. The lowest BCUT2D eigenvalue weighted by atomic mass is 10.2. The topological polar surface area (TPSA) is 63.8 Å². The van der Waals surface area contributed by atoms with Gasteiger partial charge in [0.05, 0.1) is 0 Å². The van der Waals surface area contributed by atoms with Crippen molar-refractivity contribution in [3.63, 3.8) is 0 Å². The monoisotopic (exact) mass is 236 g/mol. The summed E-state index contributed by atoms with van der Waals surface area (Å²) in [5.41, 5.74) is 6.42. The van der Waals surface area contributed by atoms with Crippen LogP contribution in [0, 0.1) is 18.6 Å². The van der Waals surface area contributed by atoms with E-state index in [1.807, 2.05) is 0 Å². The van der Waals surface area contributed by atoms with Crippen molar-refractivity contribution in [2.24, 2.45) is 0 Å². The van der Waals surface area contributed by atoms with Crippen molar-refractivity contribution in [3.8, 4) is 0 Å². The van der Waals surface area contributed by atoms with Gasteiger partial charge in [-0.2, -0.15) is 4.98 Å². The molecule has 0 fully saturated rings. The second kappa shape index (κ2) is 4.32. The number of nitrogen functional groups attached to an aromatic ring is 1. The Morgan fingerprint density at radius 3 is 2.47 bits per heavy atom. The van der Waals surface area contributed by atoms with Crippen molar-refractivity contribution >= 4 is 17.5 Å². The standard InChI is InChI=1S/C11H10F2N4/c1-6-5-15-11(14)17-10(6)16-9-3-7(12)2-8(13)4-9/h2-5H,1H3,(H3,14,15,16,17). The van der Waals surface area contributed by atoms with Gasteiger partial charge in [-0.15, -0.1) is 0 Å². The summed E-state index contributed by atoms with van der Waals surface area (Å²) in [7, 11) is 0. The van der Waals surface area contributed by atoms with Crippen molar-refractivity contribution in [3.05, 3.63) is 41.6 Å². The van der Waals surface area contributed by atoms with Gasteiger partial charge >= 0.3 is 0 Å². The molecule has 1 aromatic heterocycles. The van der Waals surface area contributed by atoms with Crippen LogP contribution in [0.2, 0.25) is 0 Å². The number of anilines is 3. The first-order chi connectivity index (χ1) is 8.04. The molecule has 4 nitrogen and oxygen atoms in total. The fourth-order valence-electron chi connectivity index (χ4n) is 1.34. The quantitative estimate of drug-likeness (QED) is 0.840. The van der Waals surface area contributed by atoms with Crippen molar-refractivity contribution in [2.45, 2.75) is 6.92 Å². The highest BCUT2D eigenvalue weighted by Crippen LogP contribution is 2.20. The molecule has 0 saturated carbocycles. The lowest BCUT2D eigenvalue weighted by Gasteiger charge is -2.08. The number of benzene rings is 1. The van der Waals surface area contributed by atoms with E-state index in [9.17, 15) is 8.78 Å². The minimum Gasteiger partial charge on any atom is -0.368 e. The number of aromatic nitrogens is 2. The highest BCUT2D eigenvalue weighted by molar-refractivity contribution is 5.59. The third-order valence-electron chi connectivity index (χ3n) is 2.12. The van der Waals surface area contributed by atoms with E-state index in [4.69, 9.17) is 5.73 Å². The molecule has 0 amide bonds. The van der Waals surface area contributed by atoms with E-state index in [-0.39, 0.29) is 11.6 Å². The smallest absolute Gasteiger partial charge is 0.221 e. The minimum absolute atomic E-state index is 0.0926. The molecule has 0 aliphatic carbocycles. The largest absolute Gasteiger partial charge is 0.368 e. The number of aryl methyl sites for hydroxylation is 1. The molecule has 0 aliphatic rings. The van der Waals surface area contributed by atoms with Gasteiger partial charge in [0.25, 0.3) is 0 Å². The van der Waals surface area contributed by atoms with Crippen LogP contribution in [-0.2, 0) is 0 Å². The molecular weight excluding hydrogens is 226 g/mol. The molecule has 88 valence electrons. The maximum absolute atomic E-state index is 13.0. The van der Waals surface area contributed by atoms with Gasteiger partial charge in [0.1, 0.15) is 17.5 Å². The predicted molar refractivity (Wildman–Crippen MR) is 60.8 cm³/mol. The normalized spacial score (nSPS) is 10.3. The van der Waals surface area contributed by atoms with Crippen LogP contribution in [0.3, 0.4) is 0 Å². The summed E-state index contributed by atoms with van der Waals surface area (Å²) in [5, 5.41) is 2.78. The summed E-state index contributed by atoms with van der Waals surface area (Å²) >= 11 is 0. The van der Waals surface area contributed by atoms with E-state index in [1.54, 1.807) is 6.92 Å². The molecule has 2 aromatic rings. The van der Waals surface area contributed by atoms with Gasteiger partial charge in [-0.3, -0.25) is 0 Å². The first kappa shape index (κ1) is 11.3. The lowest BCUT2D eigenvalue weighted by Crippen LogP contribution is -2.02. The van der Waals surface area contributed by atoms with E-state index >= 15 is 0 Å². The van der Waals surface area contributed by atoms with E-state index < -0.39 is 11.6 Å². The summed E-state index contributed by atoms with van der Waals surface area (Å²) < 4.78 is 25.9. The summed E-state index contributed by atoms with van der Waals surface area (Å²) in [5.74, 6) is -0.808. The molecule has 0 unspecified atom stereocenters. The van der Waals surface area contributed by atoms with Gasteiger partial charge in [-0.25, -0.2) is 13.8 Å². The number of nitrogens with zero attached hydrogens (tertiary/aromatic N) is 2. The highest BCUT2D eigenvalue weighted by atomic mass is 19.1. The van der Waals surface area contributed by atoms with Gasteiger partial charge in [0.2, 0.25) is 5.95 Å². The SMILES string of the molecule is Cc1cnc(N)nc1Nc1cc(F)cc(F)c1. The Morgan fingerprint density at radius 2 is 1.82 bits per heavy atom. The number of hydrogen-bond donors (Lipinski definition) is 2. The Balaban J connectivity index is 2.34. The van der Waals surface area contributed by atoms with Gasteiger partial charge in [0, 0.05) is 23.5 Å². The van der Waals surface area contributed by atoms with Crippen LogP contribution in [0.5, 0.6) is 0 Å². The third kappa shape index (κ3) is 2.66. The van der Waals surface area contributed by atoms with Crippen LogP contribution in [-0.4, -0.2) is 9.97 Å². The average Bonchev–Trinajstić information content (AvgIpc) is 2.22. The molecule has 3 N–H and O–H groups in total. The predicted octanol–water partition coefficient (Wildman–Crippen LogP) is 2.39. The molecule has 0 spiro atoms. The summed E-state index contributed by atoms with van der Waals surface area (Å²) in [6.07, 6.45) is 1.53. The minimum atomic E-state index is -0.660. The van der Waals surface area contributed by atoms with Gasteiger partial charge < -0.3 is 11.1 Å². The molecule has 2 rings (SSSR count). The zero-order chi connectivity index (χ0) is 12.4. The second-order valence-electron chi connectivity index (χ2n) is 3.54. The van der Waals surface area contributed by atoms with Crippen molar-refractivity contribution in [2.75, 3.05) is 11.1 Å². The zero-order valence-electron chi connectivity index (χ0n) is 9.04. The van der Waals surface area contributed by atoms with Gasteiger partial charge in [-0.1, -0.05) is 0 Å². The van der Waals surface area contributed by atoms with E-state index in [2.05, 4.69) is 15.3 Å². The van der Waals surface area contributed by atoms with Crippen LogP contribution in [0.15, 0.2) is 24.4 Å². The van der Waals surface area contributed by atoms with Crippen molar-refractivity contribution < 1.29 is 8.78 Å². The Bertz CT molecular complexity index is 537. The molecule has 0 radical (unpaired) electrons. The first-order valence-corrected chi connectivity index (χ1v) is 4.87. The maximum Gasteiger partial charge on any atom is 0.221 e. The molecule has 0 aliphatic heterocycles. The Labute approximate surface area is 96.5 Å². The molecule has 6 heteroatoms. The van der Waals surface area contributed by atoms with E-state index in [0.29, 0.717) is 5.82 Å². The second-order valence-corrected chi connectivity index (χ2v) is 3.54. The van der Waals surface area contributed by atoms with Gasteiger partial charge in [0.15, 0.2) is 0 Å². The molecule has 1 aromatic carbocycles. The number of rotatable bonds is 2. The Kier molecular flexibility index (Phi) is 2.86. The van der Waals surface area contributed by atoms with Crippen LogP contribution >= 0.6 is 0 Å². The molecule has 0 bridgehead atoms. The van der Waals surface area contributed by atoms with Crippen LogP contribution in [0.25, 0.3) is 0 Å². The third-order valence-corrected chi connectivity index (χ3v) is 2.12. The Hall–Kier alpha value is -2.24. The molecule has 17 heavy (non-hydrogen) atoms. The summed E-state index contributed by atoms with van der Waals surface area (Å²) in [6, 6.07) is 3.13. The Morgan fingerprint density at radius 1 is 1.18 bits per heavy atom. The van der Waals surface area contributed by atoms with Gasteiger partial charge in [-0.05, 0) is 19.1 Å². The van der Waals surface area contributed by atoms with Crippen LogP contribution in [0.1, 0.15) is 5.56 Å². The average molecular weight is 236 g/mol. The van der Waals surface area contributed by atoms with Crippen molar-refractivity contribution in [1.82, 2.24) is 9.97 Å². The fourth-order valence-corrected chi connectivity index (χ4v) is 1.34. The summed E-state index contributed by atoms with van der Waals surface area (Å²) in [6.45, 7) is 1.76. The van der Waals surface area contributed by atoms with Crippen LogP contribution in [0.4, 0.5) is 26.2 Å². The molecular formula is C11H10F2N4. The molecule has 0 saturated heterocycles.